The first-order valence-electron chi connectivity index (χ1n) is 5.14. The number of allylic oxidation sites excluding steroid dienone is 2. The summed E-state index contributed by atoms with van der Waals surface area (Å²) in [4.78, 5) is 0. The first kappa shape index (κ1) is 8.31. The Hall–Kier alpha value is -0.300. The van der Waals surface area contributed by atoms with Crippen LogP contribution in [0.3, 0.4) is 0 Å². The molecule has 12 heavy (non-hydrogen) atoms. The van der Waals surface area contributed by atoms with Gasteiger partial charge in [0.15, 0.2) is 0 Å². The van der Waals surface area contributed by atoms with Crippen LogP contribution in [-0.4, -0.2) is 11.2 Å². The van der Waals surface area contributed by atoms with Gasteiger partial charge in [-0.1, -0.05) is 11.1 Å². The Morgan fingerprint density at radius 3 is 2.92 bits per heavy atom. The summed E-state index contributed by atoms with van der Waals surface area (Å²) in [6.07, 6.45) is 7.16. The summed E-state index contributed by atoms with van der Waals surface area (Å²) < 4.78 is 0. The molecule has 1 fully saturated rings. The second kappa shape index (κ2) is 3.21. The summed E-state index contributed by atoms with van der Waals surface area (Å²) in [5.74, 6) is 0.738. The highest BCUT2D eigenvalue weighted by Crippen LogP contribution is 2.39. The zero-order valence-corrected chi connectivity index (χ0v) is 7.84. The lowest BCUT2D eigenvalue weighted by atomic mass is 9.74. The van der Waals surface area contributed by atoms with Gasteiger partial charge in [-0.3, -0.25) is 0 Å². The van der Waals surface area contributed by atoms with Gasteiger partial charge in [-0.25, -0.2) is 0 Å². The standard InChI is InChI=1S/C11H18O/c1-8-3-2-4-9-7-10(12)5-6-11(8)9/h9-10,12H,2-7H2,1H3/t9?,10-/m0/s1. The van der Waals surface area contributed by atoms with Crippen LogP contribution in [0.5, 0.6) is 0 Å². The monoisotopic (exact) mass is 166 g/mol. The summed E-state index contributed by atoms with van der Waals surface area (Å²) in [6.45, 7) is 2.28. The highest BCUT2D eigenvalue weighted by atomic mass is 16.3. The van der Waals surface area contributed by atoms with Crippen molar-refractivity contribution in [2.24, 2.45) is 5.92 Å². The van der Waals surface area contributed by atoms with Gasteiger partial charge < -0.3 is 5.11 Å². The van der Waals surface area contributed by atoms with Gasteiger partial charge in [-0.05, 0) is 51.4 Å². The van der Waals surface area contributed by atoms with Gasteiger partial charge in [-0.2, -0.15) is 0 Å². The summed E-state index contributed by atoms with van der Waals surface area (Å²) in [7, 11) is 0. The highest BCUT2D eigenvalue weighted by Gasteiger charge is 2.27. The van der Waals surface area contributed by atoms with Crippen molar-refractivity contribution in [1.29, 1.82) is 0 Å². The SMILES string of the molecule is CC1=C2CC[C@H](O)CC2CCC1. The van der Waals surface area contributed by atoms with Gasteiger partial charge in [-0.15, -0.1) is 0 Å². The predicted octanol–water partition coefficient (Wildman–Crippen LogP) is 2.65. The van der Waals surface area contributed by atoms with E-state index in [4.69, 9.17) is 0 Å². The molecule has 0 radical (unpaired) electrons. The van der Waals surface area contributed by atoms with Gasteiger partial charge in [0.1, 0.15) is 0 Å². The molecule has 0 saturated heterocycles. The minimum Gasteiger partial charge on any atom is -0.393 e. The van der Waals surface area contributed by atoms with Crippen molar-refractivity contribution in [3.8, 4) is 0 Å². The van der Waals surface area contributed by atoms with Gasteiger partial charge in [0, 0.05) is 0 Å². The molecule has 0 heterocycles. The normalized spacial score (nSPS) is 36.5. The number of aliphatic hydroxyl groups is 1. The zero-order chi connectivity index (χ0) is 8.55. The molecule has 0 spiro atoms. The molecule has 1 saturated carbocycles. The fourth-order valence-electron chi connectivity index (χ4n) is 2.74. The van der Waals surface area contributed by atoms with Gasteiger partial charge in [0.2, 0.25) is 0 Å². The van der Waals surface area contributed by atoms with E-state index >= 15 is 0 Å². The number of rotatable bonds is 0. The molecule has 0 bridgehead atoms. The zero-order valence-electron chi connectivity index (χ0n) is 7.84. The second-order valence-electron chi connectivity index (χ2n) is 4.32. The second-order valence-corrected chi connectivity index (χ2v) is 4.32. The molecule has 2 atom stereocenters. The van der Waals surface area contributed by atoms with Crippen molar-refractivity contribution in [1.82, 2.24) is 0 Å². The fraction of sp³-hybridized carbons (Fsp3) is 0.818. The van der Waals surface area contributed by atoms with E-state index in [1.165, 1.54) is 19.3 Å². The van der Waals surface area contributed by atoms with Crippen LogP contribution in [0.1, 0.15) is 45.4 Å². The molecule has 1 nitrogen and oxygen atoms in total. The fourth-order valence-corrected chi connectivity index (χ4v) is 2.74. The summed E-state index contributed by atoms with van der Waals surface area (Å²) in [6, 6.07) is 0. The van der Waals surface area contributed by atoms with Crippen LogP contribution in [0.4, 0.5) is 0 Å². The van der Waals surface area contributed by atoms with E-state index in [1.807, 2.05) is 0 Å². The average Bonchev–Trinajstić information content (AvgIpc) is 2.04. The predicted molar refractivity (Wildman–Crippen MR) is 49.9 cm³/mol. The van der Waals surface area contributed by atoms with Crippen molar-refractivity contribution in [3.63, 3.8) is 0 Å². The highest BCUT2D eigenvalue weighted by molar-refractivity contribution is 5.20. The van der Waals surface area contributed by atoms with Crippen molar-refractivity contribution in [3.05, 3.63) is 11.1 Å². The van der Waals surface area contributed by atoms with Crippen molar-refractivity contribution < 1.29 is 5.11 Å². The number of fused-ring (bicyclic) bond motifs is 1. The van der Waals surface area contributed by atoms with Crippen molar-refractivity contribution in [2.75, 3.05) is 0 Å². The largest absolute Gasteiger partial charge is 0.393 e. The summed E-state index contributed by atoms with van der Waals surface area (Å²) in [5, 5.41) is 9.51. The van der Waals surface area contributed by atoms with Crippen LogP contribution in [0.15, 0.2) is 11.1 Å². The van der Waals surface area contributed by atoms with E-state index in [0.29, 0.717) is 0 Å². The Bertz CT molecular complexity index is 205. The Labute approximate surface area is 74.5 Å². The quantitative estimate of drug-likeness (QED) is 0.548. The van der Waals surface area contributed by atoms with Gasteiger partial charge >= 0.3 is 0 Å². The molecule has 0 aromatic rings. The van der Waals surface area contributed by atoms with Crippen LogP contribution in [-0.2, 0) is 0 Å². The molecule has 2 aliphatic carbocycles. The molecule has 1 heteroatoms. The third-order valence-corrected chi connectivity index (χ3v) is 3.45. The van der Waals surface area contributed by atoms with E-state index in [0.717, 1.165) is 25.2 Å². The van der Waals surface area contributed by atoms with E-state index in [-0.39, 0.29) is 6.10 Å². The molecule has 0 aromatic carbocycles. The molecule has 0 amide bonds. The first-order valence-corrected chi connectivity index (χ1v) is 5.14. The van der Waals surface area contributed by atoms with Crippen LogP contribution in [0.2, 0.25) is 0 Å². The Morgan fingerprint density at radius 1 is 1.25 bits per heavy atom. The summed E-state index contributed by atoms with van der Waals surface area (Å²) in [5.41, 5.74) is 3.31. The van der Waals surface area contributed by atoms with E-state index in [2.05, 4.69) is 6.92 Å². The molecular weight excluding hydrogens is 148 g/mol. The molecule has 0 aromatic heterocycles. The molecule has 0 aliphatic heterocycles. The Balaban J connectivity index is 2.16. The lowest BCUT2D eigenvalue weighted by molar-refractivity contribution is 0.117. The van der Waals surface area contributed by atoms with Crippen LogP contribution in [0.25, 0.3) is 0 Å². The van der Waals surface area contributed by atoms with E-state index < -0.39 is 0 Å². The molecule has 2 rings (SSSR count). The molecule has 2 aliphatic rings. The minimum absolute atomic E-state index is 0.00958. The van der Waals surface area contributed by atoms with Gasteiger partial charge in [0.25, 0.3) is 0 Å². The molecule has 1 unspecified atom stereocenters. The molecule has 1 N–H and O–H groups in total. The average molecular weight is 166 g/mol. The maximum absolute atomic E-state index is 9.51. The number of aliphatic hydroxyl groups excluding tert-OH is 1. The Morgan fingerprint density at radius 2 is 2.08 bits per heavy atom. The smallest absolute Gasteiger partial charge is 0.0549 e. The third-order valence-electron chi connectivity index (χ3n) is 3.45. The Kier molecular flexibility index (Phi) is 2.22. The van der Waals surface area contributed by atoms with Crippen molar-refractivity contribution in [2.45, 2.75) is 51.6 Å². The molecular formula is C11H18O. The van der Waals surface area contributed by atoms with Crippen LogP contribution < -0.4 is 0 Å². The third kappa shape index (κ3) is 1.42. The maximum Gasteiger partial charge on any atom is 0.0549 e. The van der Waals surface area contributed by atoms with Gasteiger partial charge in [0.05, 0.1) is 6.10 Å². The van der Waals surface area contributed by atoms with Crippen LogP contribution in [0, 0.1) is 5.92 Å². The maximum atomic E-state index is 9.51. The van der Waals surface area contributed by atoms with Crippen molar-refractivity contribution >= 4 is 0 Å². The first-order chi connectivity index (χ1) is 5.77. The minimum atomic E-state index is -0.00958. The number of hydrogen-bond acceptors (Lipinski definition) is 1. The topological polar surface area (TPSA) is 20.2 Å². The number of hydrogen-bond donors (Lipinski definition) is 1. The lowest BCUT2D eigenvalue weighted by Gasteiger charge is -2.33. The molecule has 68 valence electrons. The lowest BCUT2D eigenvalue weighted by Crippen LogP contribution is -2.24. The van der Waals surface area contributed by atoms with E-state index in [1.54, 1.807) is 11.1 Å². The van der Waals surface area contributed by atoms with Crippen LogP contribution >= 0.6 is 0 Å². The summed E-state index contributed by atoms with van der Waals surface area (Å²) >= 11 is 0. The van der Waals surface area contributed by atoms with E-state index in [9.17, 15) is 5.11 Å².